The average molecular weight is 210 g/mol. The van der Waals surface area contributed by atoms with Crippen LogP contribution in [0.15, 0.2) is 11.0 Å². The van der Waals surface area contributed by atoms with Crippen molar-refractivity contribution in [2.75, 3.05) is 20.1 Å². The fourth-order valence-corrected chi connectivity index (χ4v) is 1.77. The summed E-state index contributed by atoms with van der Waals surface area (Å²) in [6, 6.07) is 0.218. The number of aromatic nitrogens is 2. The highest BCUT2D eigenvalue weighted by Crippen LogP contribution is 2.08. The summed E-state index contributed by atoms with van der Waals surface area (Å²) >= 11 is 0. The lowest BCUT2D eigenvalue weighted by atomic mass is 10.2. The third-order valence-electron chi connectivity index (χ3n) is 2.73. The topological polar surface area (TPSA) is 81.0 Å². The molecule has 0 saturated carbocycles. The molecule has 6 heteroatoms. The van der Waals surface area contributed by atoms with Gasteiger partial charge in [0.05, 0.1) is 0 Å². The van der Waals surface area contributed by atoms with E-state index in [-0.39, 0.29) is 17.6 Å². The number of amides is 1. The summed E-state index contributed by atoms with van der Waals surface area (Å²) in [5.41, 5.74) is -0.0364. The molecule has 15 heavy (non-hydrogen) atoms. The van der Waals surface area contributed by atoms with Crippen LogP contribution in [0.4, 0.5) is 0 Å². The molecule has 2 heterocycles. The van der Waals surface area contributed by atoms with E-state index in [1.807, 2.05) is 0 Å². The summed E-state index contributed by atoms with van der Waals surface area (Å²) in [6.07, 6.45) is 2.36. The zero-order valence-corrected chi connectivity index (χ0v) is 8.54. The van der Waals surface area contributed by atoms with Gasteiger partial charge in [-0.1, -0.05) is 0 Å². The molecule has 1 atom stereocenters. The SMILES string of the molecule is CN(C(=O)c1c[nH]c(=O)[nH]1)C1CCNC1. The number of imidazole rings is 1. The molecule has 1 unspecified atom stereocenters. The summed E-state index contributed by atoms with van der Waals surface area (Å²) in [5, 5.41) is 3.19. The summed E-state index contributed by atoms with van der Waals surface area (Å²) in [4.78, 5) is 29.2. The first kappa shape index (κ1) is 9.97. The van der Waals surface area contributed by atoms with Crippen LogP contribution >= 0.6 is 0 Å². The lowest BCUT2D eigenvalue weighted by Gasteiger charge is -2.22. The molecule has 1 aromatic rings. The van der Waals surface area contributed by atoms with Gasteiger partial charge in [0.1, 0.15) is 5.69 Å². The molecule has 6 nitrogen and oxygen atoms in total. The van der Waals surface area contributed by atoms with Crippen molar-refractivity contribution in [3.05, 3.63) is 22.4 Å². The van der Waals surface area contributed by atoms with Gasteiger partial charge in [-0.25, -0.2) is 4.79 Å². The first-order chi connectivity index (χ1) is 7.18. The van der Waals surface area contributed by atoms with Gasteiger partial charge in [0.15, 0.2) is 0 Å². The van der Waals surface area contributed by atoms with Crippen molar-refractivity contribution in [3.8, 4) is 0 Å². The van der Waals surface area contributed by atoms with Gasteiger partial charge < -0.3 is 20.2 Å². The number of hydrogen-bond acceptors (Lipinski definition) is 3. The molecule has 1 aliphatic heterocycles. The molecule has 0 aromatic carbocycles. The minimum Gasteiger partial charge on any atom is -0.336 e. The maximum atomic E-state index is 11.9. The molecule has 1 amide bonds. The molecule has 0 spiro atoms. The molecule has 3 N–H and O–H groups in total. The number of hydrogen-bond donors (Lipinski definition) is 3. The average Bonchev–Trinajstić information content (AvgIpc) is 2.85. The van der Waals surface area contributed by atoms with Gasteiger partial charge in [0.25, 0.3) is 5.91 Å². The van der Waals surface area contributed by atoms with E-state index in [2.05, 4.69) is 15.3 Å². The smallest absolute Gasteiger partial charge is 0.323 e. The van der Waals surface area contributed by atoms with Crippen LogP contribution in [0.2, 0.25) is 0 Å². The Morgan fingerprint density at radius 3 is 2.93 bits per heavy atom. The van der Waals surface area contributed by atoms with Crippen LogP contribution in [0.3, 0.4) is 0 Å². The highest BCUT2D eigenvalue weighted by molar-refractivity contribution is 5.92. The first-order valence-electron chi connectivity index (χ1n) is 4.94. The predicted octanol–water partition coefficient (Wildman–Crippen LogP) is -0.863. The number of nitrogens with one attached hydrogen (secondary N) is 3. The number of carbonyl (C=O) groups excluding carboxylic acids is 1. The third kappa shape index (κ3) is 1.94. The standard InChI is InChI=1S/C9H14N4O2/c1-13(6-2-3-10-4-6)8(14)7-5-11-9(15)12-7/h5-6,10H,2-4H2,1H3,(H2,11,12,15). The summed E-state index contributed by atoms with van der Waals surface area (Å²) < 4.78 is 0. The van der Waals surface area contributed by atoms with Gasteiger partial charge in [-0.2, -0.15) is 0 Å². The maximum absolute atomic E-state index is 11.9. The highest BCUT2D eigenvalue weighted by atomic mass is 16.2. The van der Waals surface area contributed by atoms with E-state index in [1.54, 1.807) is 11.9 Å². The van der Waals surface area contributed by atoms with Crippen molar-refractivity contribution in [2.24, 2.45) is 0 Å². The fraction of sp³-hybridized carbons (Fsp3) is 0.556. The maximum Gasteiger partial charge on any atom is 0.323 e. The lowest BCUT2D eigenvalue weighted by molar-refractivity contribution is 0.0738. The van der Waals surface area contributed by atoms with Crippen LogP contribution < -0.4 is 11.0 Å². The molecule has 0 aliphatic carbocycles. The zero-order valence-electron chi connectivity index (χ0n) is 8.54. The van der Waals surface area contributed by atoms with Crippen LogP contribution in [0, 0.1) is 0 Å². The number of aromatic amines is 2. The molecule has 1 aromatic heterocycles. The third-order valence-corrected chi connectivity index (χ3v) is 2.73. The summed E-state index contributed by atoms with van der Waals surface area (Å²) in [6.45, 7) is 1.75. The number of nitrogens with zero attached hydrogens (tertiary/aromatic N) is 1. The van der Waals surface area contributed by atoms with Crippen molar-refractivity contribution in [3.63, 3.8) is 0 Å². The Morgan fingerprint density at radius 2 is 2.40 bits per heavy atom. The van der Waals surface area contributed by atoms with E-state index in [0.717, 1.165) is 19.5 Å². The Balaban J connectivity index is 2.10. The Labute approximate surface area is 86.7 Å². The molecule has 1 saturated heterocycles. The van der Waals surface area contributed by atoms with Crippen molar-refractivity contribution < 1.29 is 4.79 Å². The first-order valence-corrected chi connectivity index (χ1v) is 4.94. The van der Waals surface area contributed by atoms with Crippen molar-refractivity contribution in [1.82, 2.24) is 20.2 Å². The van der Waals surface area contributed by atoms with E-state index in [4.69, 9.17) is 0 Å². The molecular weight excluding hydrogens is 196 g/mol. The van der Waals surface area contributed by atoms with E-state index in [9.17, 15) is 9.59 Å². The van der Waals surface area contributed by atoms with E-state index in [1.165, 1.54) is 6.20 Å². The van der Waals surface area contributed by atoms with Crippen LogP contribution in [0.1, 0.15) is 16.9 Å². The van der Waals surface area contributed by atoms with E-state index < -0.39 is 0 Å². The van der Waals surface area contributed by atoms with Gasteiger partial charge >= 0.3 is 5.69 Å². The Morgan fingerprint density at radius 1 is 1.60 bits per heavy atom. The van der Waals surface area contributed by atoms with Crippen LogP contribution in [0.5, 0.6) is 0 Å². The van der Waals surface area contributed by atoms with Crippen LogP contribution in [0.25, 0.3) is 0 Å². The second-order valence-corrected chi connectivity index (χ2v) is 3.72. The normalized spacial score (nSPS) is 20.5. The Bertz CT molecular complexity index is 402. The number of H-pyrrole nitrogens is 2. The van der Waals surface area contributed by atoms with Gasteiger partial charge in [0, 0.05) is 25.8 Å². The second kappa shape index (κ2) is 3.90. The second-order valence-electron chi connectivity index (χ2n) is 3.72. The lowest BCUT2D eigenvalue weighted by Crippen LogP contribution is -2.38. The predicted molar refractivity (Wildman–Crippen MR) is 54.8 cm³/mol. The fourth-order valence-electron chi connectivity index (χ4n) is 1.77. The zero-order chi connectivity index (χ0) is 10.8. The number of rotatable bonds is 2. The number of likely N-dealkylation sites (N-methyl/N-ethyl adjacent to an activating group) is 1. The summed E-state index contributed by atoms with van der Waals surface area (Å²) in [7, 11) is 1.76. The molecule has 82 valence electrons. The van der Waals surface area contributed by atoms with Gasteiger partial charge in [-0.05, 0) is 13.0 Å². The molecular formula is C9H14N4O2. The van der Waals surface area contributed by atoms with E-state index >= 15 is 0 Å². The molecule has 0 bridgehead atoms. The van der Waals surface area contributed by atoms with Crippen LogP contribution in [-0.4, -0.2) is 47.0 Å². The molecule has 2 rings (SSSR count). The minimum absolute atomic E-state index is 0.151. The van der Waals surface area contributed by atoms with Gasteiger partial charge in [-0.15, -0.1) is 0 Å². The van der Waals surface area contributed by atoms with Crippen molar-refractivity contribution in [1.29, 1.82) is 0 Å². The highest BCUT2D eigenvalue weighted by Gasteiger charge is 2.24. The van der Waals surface area contributed by atoms with Crippen molar-refractivity contribution in [2.45, 2.75) is 12.5 Å². The molecule has 1 aliphatic rings. The Kier molecular flexibility index (Phi) is 2.59. The summed E-state index contributed by atoms with van der Waals surface area (Å²) in [5.74, 6) is -0.151. The van der Waals surface area contributed by atoms with Crippen molar-refractivity contribution >= 4 is 5.91 Å². The number of carbonyl (C=O) groups is 1. The quantitative estimate of drug-likeness (QED) is 0.594. The Hall–Kier alpha value is -1.56. The van der Waals surface area contributed by atoms with Crippen LogP contribution in [-0.2, 0) is 0 Å². The van der Waals surface area contributed by atoms with Gasteiger partial charge in [-0.3, -0.25) is 4.79 Å². The monoisotopic (exact) mass is 210 g/mol. The van der Waals surface area contributed by atoms with Gasteiger partial charge in [0.2, 0.25) is 0 Å². The molecule has 1 fully saturated rings. The minimum atomic E-state index is -0.351. The molecule has 0 radical (unpaired) electrons. The van der Waals surface area contributed by atoms with E-state index in [0.29, 0.717) is 5.69 Å². The largest absolute Gasteiger partial charge is 0.336 e.